The molecule has 1 atom stereocenters. The van der Waals surface area contributed by atoms with Crippen LogP contribution in [0.15, 0.2) is 36.4 Å². The fraction of sp³-hybridized carbons (Fsp3) is 0.125. The van der Waals surface area contributed by atoms with E-state index in [-0.39, 0.29) is 22.0 Å². The quantitative estimate of drug-likeness (QED) is 0.355. The summed E-state index contributed by atoms with van der Waals surface area (Å²) >= 11 is 5.80. The lowest BCUT2D eigenvalue weighted by molar-refractivity contribution is -0.383. The van der Waals surface area contributed by atoms with Crippen molar-refractivity contribution in [3.8, 4) is 0 Å². The van der Waals surface area contributed by atoms with E-state index in [9.17, 15) is 24.1 Å². The highest BCUT2D eigenvalue weighted by Gasteiger charge is 2.22. The Morgan fingerprint density at radius 2 is 2.00 bits per heavy atom. The average molecular weight is 382 g/mol. The number of halogens is 2. The largest absolute Gasteiger partial charge is 0.449 e. The highest BCUT2D eigenvalue weighted by atomic mass is 35.5. The molecule has 1 amide bonds. The van der Waals surface area contributed by atoms with E-state index >= 15 is 0 Å². The third-order valence-corrected chi connectivity index (χ3v) is 3.62. The van der Waals surface area contributed by atoms with E-state index in [0.717, 1.165) is 18.2 Å². The first-order chi connectivity index (χ1) is 12.2. The van der Waals surface area contributed by atoms with Crippen LogP contribution in [0.5, 0.6) is 0 Å². The van der Waals surface area contributed by atoms with Crippen molar-refractivity contribution in [2.45, 2.75) is 13.0 Å². The zero-order valence-electron chi connectivity index (χ0n) is 13.4. The minimum absolute atomic E-state index is 0.0222. The highest BCUT2D eigenvalue weighted by molar-refractivity contribution is 6.33. The number of rotatable bonds is 5. The molecule has 0 aliphatic carbocycles. The van der Waals surface area contributed by atoms with Crippen LogP contribution in [0.2, 0.25) is 5.02 Å². The van der Waals surface area contributed by atoms with E-state index < -0.39 is 34.4 Å². The summed E-state index contributed by atoms with van der Waals surface area (Å²) in [6.07, 6.45) is -1.24. The number of anilines is 2. The second-order valence-electron chi connectivity index (χ2n) is 5.19. The van der Waals surface area contributed by atoms with Gasteiger partial charge in [0.2, 0.25) is 0 Å². The molecule has 0 aliphatic heterocycles. The van der Waals surface area contributed by atoms with Gasteiger partial charge in [-0.2, -0.15) is 0 Å². The van der Waals surface area contributed by atoms with Gasteiger partial charge in [-0.15, -0.1) is 0 Å². The minimum atomic E-state index is -1.24. The SMILES string of the molecule is C[C@@H](OC(=O)c1ccc(N)c([N+](=O)[O-])c1)C(=O)Nc1ccc(F)cc1Cl. The number of amides is 1. The van der Waals surface area contributed by atoms with Crippen LogP contribution < -0.4 is 11.1 Å². The van der Waals surface area contributed by atoms with Gasteiger partial charge in [-0.25, -0.2) is 9.18 Å². The van der Waals surface area contributed by atoms with Crippen molar-refractivity contribution in [1.29, 1.82) is 0 Å². The molecule has 0 saturated carbocycles. The number of ether oxygens (including phenoxy) is 1. The molecule has 0 aliphatic rings. The summed E-state index contributed by atoms with van der Waals surface area (Å²) in [4.78, 5) is 34.3. The molecule has 0 fully saturated rings. The molecule has 136 valence electrons. The van der Waals surface area contributed by atoms with Crippen molar-refractivity contribution in [1.82, 2.24) is 0 Å². The van der Waals surface area contributed by atoms with E-state index in [0.29, 0.717) is 0 Å². The predicted molar refractivity (Wildman–Crippen MR) is 92.4 cm³/mol. The first-order valence-electron chi connectivity index (χ1n) is 7.20. The Labute approximate surface area is 151 Å². The van der Waals surface area contributed by atoms with Gasteiger partial charge in [0.05, 0.1) is 21.2 Å². The maximum Gasteiger partial charge on any atom is 0.339 e. The van der Waals surface area contributed by atoms with Crippen LogP contribution in [-0.4, -0.2) is 22.9 Å². The van der Waals surface area contributed by atoms with Gasteiger partial charge in [0, 0.05) is 6.07 Å². The minimum Gasteiger partial charge on any atom is -0.449 e. The van der Waals surface area contributed by atoms with Gasteiger partial charge < -0.3 is 15.8 Å². The molecule has 3 N–H and O–H groups in total. The number of nitrogens with one attached hydrogen (secondary N) is 1. The van der Waals surface area contributed by atoms with Gasteiger partial charge in [0.25, 0.3) is 11.6 Å². The number of nitrogens with zero attached hydrogens (tertiary/aromatic N) is 1. The molecule has 0 aromatic heterocycles. The second kappa shape index (κ2) is 7.79. The predicted octanol–water partition coefficient (Wildman–Crippen LogP) is 3.15. The number of nitrogens with two attached hydrogens (primary N) is 1. The van der Waals surface area contributed by atoms with Crippen molar-refractivity contribution in [3.05, 3.63) is 62.9 Å². The van der Waals surface area contributed by atoms with E-state index in [1.807, 2.05) is 0 Å². The Balaban J connectivity index is 2.07. The number of hydrogen-bond donors (Lipinski definition) is 2. The molecule has 26 heavy (non-hydrogen) atoms. The van der Waals surface area contributed by atoms with Crippen LogP contribution in [-0.2, 0) is 9.53 Å². The van der Waals surface area contributed by atoms with Gasteiger partial charge >= 0.3 is 5.97 Å². The van der Waals surface area contributed by atoms with Crippen LogP contribution in [0, 0.1) is 15.9 Å². The summed E-state index contributed by atoms with van der Waals surface area (Å²) in [6.45, 7) is 1.30. The van der Waals surface area contributed by atoms with Gasteiger partial charge in [0.15, 0.2) is 6.10 Å². The lowest BCUT2D eigenvalue weighted by Gasteiger charge is -2.14. The Bertz CT molecular complexity index is 890. The lowest BCUT2D eigenvalue weighted by Crippen LogP contribution is -2.30. The first kappa shape index (κ1) is 19.1. The molecule has 0 heterocycles. The molecule has 0 bridgehead atoms. The van der Waals surface area contributed by atoms with Crippen LogP contribution in [0.25, 0.3) is 0 Å². The molecular weight excluding hydrogens is 369 g/mol. The number of esters is 1. The summed E-state index contributed by atoms with van der Waals surface area (Å²) in [7, 11) is 0. The molecule has 0 saturated heterocycles. The van der Waals surface area contributed by atoms with Gasteiger partial charge in [-0.05, 0) is 37.3 Å². The van der Waals surface area contributed by atoms with E-state index in [2.05, 4.69) is 5.32 Å². The van der Waals surface area contributed by atoms with E-state index in [1.165, 1.54) is 25.1 Å². The summed E-state index contributed by atoms with van der Waals surface area (Å²) < 4.78 is 18.0. The Morgan fingerprint density at radius 3 is 2.62 bits per heavy atom. The summed E-state index contributed by atoms with van der Waals surface area (Å²) in [6, 6.07) is 6.77. The fourth-order valence-corrected chi connectivity index (χ4v) is 2.15. The third-order valence-electron chi connectivity index (χ3n) is 3.30. The third kappa shape index (κ3) is 4.45. The topological polar surface area (TPSA) is 125 Å². The molecule has 2 aromatic rings. The van der Waals surface area contributed by atoms with Crippen LogP contribution in [0.4, 0.5) is 21.5 Å². The van der Waals surface area contributed by atoms with Gasteiger partial charge in [-0.3, -0.25) is 14.9 Å². The number of hydrogen-bond acceptors (Lipinski definition) is 6. The Hall–Kier alpha value is -3.20. The van der Waals surface area contributed by atoms with Crippen LogP contribution in [0.3, 0.4) is 0 Å². The monoisotopic (exact) mass is 381 g/mol. The summed E-state index contributed by atoms with van der Waals surface area (Å²) in [5.74, 6) is -2.23. The number of carbonyl (C=O) groups excluding carboxylic acids is 2. The zero-order valence-corrected chi connectivity index (χ0v) is 14.1. The molecule has 0 radical (unpaired) electrons. The maximum atomic E-state index is 13.0. The molecule has 0 spiro atoms. The van der Waals surface area contributed by atoms with Crippen molar-refractivity contribution in [2.75, 3.05) is 11.1 Å². The number of nitrogen functional groups attached to an aromatic ring is 1. The standard InChI is InChI=1S/C16H13ClFN3O5/c1-8(15(22)20-13-5-3-10(18)7-11(13)17)26-16(23)9-2-4-12(19)14(6-9)21(24)25/h2-8H,19H2,1H3,(H,20,22)/t8-/m1/s1. The average Bonchev–Trinajstić information content (AvgIpc) is 2.57. The molecular formula is C16H13ClFN3O5. The number of carbonyl (C=O) groups is 2. The smallest absolute Gasteiger partial charge is 0.339 e. The maximum absolute atomic E-state index is 13.0. The summed E-state index contributed by atoms with van der Waals surface area (Å²) in [5.41, 5.74) is 4.90. The fourth-order valence-electron chi connectivity index (χ4n) is 1.94. The molecule has 8 nitrogen and oxygen atoms in total. The van der Waals surface area contributed by atoms with E-state index in [1.54, 1.807) is 0 Å². The second-order valence-corrected chi connectivity index (χ2v) is 5.60. The molecule has 2 rings (SSSR count). The van der Waals surface area contributed by atoms with Crippen molar-refractivity contribution in [3.63, 3.8) is 0 Å². The van der Waals surface area contributed by atoms with Crippen molar-refractivity contribution < 1.29 is 23.6 Å². The van der Waals surface area contributed by atoms with Crippen LogP contribution in [0.1, 0.15) is 17.3 Å². The number of nitro groups is 1. The highest BCUT2D eigenvalue weighted by Crippen LogP contribution is 2.24. The molecule has 10 heteroatoms. The summed E-state index contributed by atoms with van der Waals surface area (Å²) in [5, 5.41) is 13.2. The zero-order chi connectivity index (χ0) is 19.4. The number of nitro benzene ring substituents is 1. The normalized spacial score (nSPS) is 11.5. The Morgan fingerprint density at radius 1 is 1.31 bits per heavy atom. The molecule has 0 unspecified atom stereocenters. The lowest BCUT2D eigenvalue weighted by atomic mass is 10.2. The Kier molecular flexibility index (Phi) is 5.73. The van der Waals surface area contributed by atoms with Crippen molar-refractivity contribution in [2.24, 2.45) is 0 Å². The van der Waals surface area contributed by atoms with Gasteiger partial charge in [0.1, 0.15) is 11.5 Å². The van der Waals surface area contributed by atoms with Crippen LogP contribution >= 0.6 is 11.6 Å². The first-order valence-corrected chi connectivity index (χ1v) is 7.57. The number of benzene rings is 2. The molecule has 2 aromatic carbocycles. The van der Waals surface area contributed by atoms with E-state index in [4.69, 9.17) is 22.1 Å². The van der Waals surface area contributed by atoms with Gasteiger partial charge in [-0.1, -0.05) is 11.6 Å². The van der Waals surface area contributed by atoms with Crippen molar-refractivity contribution >= 4 is 40.5 Å².